The Labute approximate surface area is 82.0 Å². The SMILES string of the molecule is CC(=O)N[n+]1ccc2ccccc2c1. The Bertz CT molecular complexity index is 479. The zero-order valence-electron chi connectivity index (χ0n) is 7.90. The smallest absolute Gasteiger partial charge is 0.270 e. The molecule has 0 radical (unpaired) electrons. The van der Waals surface area contributed by atoms with Crippen LogP contribution in [0.25, 0.3) is 10.8 Å². The Hall–Kier alpha value is -1.90. The lowest BCUT2D eigenvalue weighted by Crippen LogP contribution is -2.46. The fraction of sp³-hybridized carbons (Fsp3) is 0.0909. The molecule has 0 aliphatic heterocycles. The minimum Gasteiger partial charge on any atom is -0.270 e. The van der Waals surface area contributed by atoms with Gasteiger partial charge >= 0.3 is 0 Å². The van der Waals surface area contributed by atoms with E-state index in [1.807, 2.05) is 42.7 Å². The highest BCUT2D eigenvalue weighted by atomic mass is 16.2. The largest absolute Gasteiger partial charge is 0.271 e. The number of nitrogens with zero attached hydrogens (tertiary/aromatic N) is 1. The highest BCUT2D eigenvalue weighted by Gasteiger charge is 2.03. The van der Waals surface area contributed by atoms with Crippen LogP contribution >= 0.6 is 0 Å². The van der Waals surface area contributed by atoms with Gasteiger partial charge in [-0.05, 0) is 11.5 Å². The molecular formula is C11H11N2O+. The van der Waals surface area contributed by atoms with Crippen molar-refractivity contribution >= 4 is 16.7 Å². The molecule has 14 heavy (non-hydrogen) atoms. The van der Waals surface area contributed by atoms with Gasteiger partial charge in [0.2, 0.25) is 12.4 Å². The zero-order chi connectivity index (χ0) is 9.97. The van der Waals surface area contributed by atoms with Crippen molar-refractivity contribution in [1.82, 2.24) is 0 Å². The van der Waals surface area contributed by atoms with Crippen LogP contribution in [0.1, 0.15) is 6.92 Å². The molecule has 1 amide bonds. The van der Waals surface area contributed by atoms with Crippen molar-refractivity contribution in [2.75, 3.05) is 5.43 Å². The fourth-order valence-electron chi connectivity index (χ4n) is 1.39. The predicted molar refractivity (Wildman–Crippen MR) is 54.2 cm³/mol. The summed E-state index contributed by atoms with van der Waals surface area (Å²) < 4.78 is 1.66. The van der Waals surface area contributed by atoms with Crippen LogP contribution in [-0.2, 0) is 4.79 Å². The van der Waals surface area contributed by atoms with Crippen molar-refractivity contribution in [3.8, 4) is 0 Å². The van der Waals surface area contributed by atoms with Gasteiger partial charge in [-0.25, -0.2) is 0 Å². The van der Waals surface area contributed by atoms with E-state index in [-0.39, 0.29) is 5.91 Å². The van der Waals surface area contributed by atoms with Crippen LogP contribution in [0.2, 0.25) is 0 Å². The second kappa shape index (κ2) is 3.46. The molecule has 0 unspecified atom stereocenters. The van der Waals surface area contributed by atoms with E-state index in [0.29, 0.717) is 0 Å². The fourth-order valence-corrected chi connectivity index (χ4v) is 1.39. The van der Waals surface area contributed by atoms with Gasteiger partial charge < -0.3 is 0 Å². The van der Waals surface area contributed by atoms with Gasteiger partial charge in [-0.15, -0.1) is 5.43 Å². The third kappa shape index (κ3) is 1.71. The maximum atomic E-state index is 10.8. The summed E-state index contributed by atoms with van der Waals surface area (Å²) in [4.78, 5) is 10.8. The van der Waals surface area contributed by atoms with E-state index in [1.165, 1.54) is 6.92 Å². The molecule has 0 bridgehead atoms. The molecule has 0 spiro atoms. The molecular weight excluding hydrogens is 176 g/mol. The first-order valence-corrected chi connectivity index (χ1v) is 4.43. The molecule has 0 saturated carbocycles. The Morgan fingerprint density at radius 3 is 2.64 bits per heavy atom. The van der Waals surface area contributed by atoms with E-state index in [0.717, 1.165) is 10.8 Å². The number of hydrogen-bond acceptors (Lipinski definition) is 1. The summed E-state index contributed by atoms with van der Waals surface area (Å²) in [5, 5.41) is 2.26. The summed E-state index contributed by atoms with van der Waals surface area (Å²) in [5.74, 6) is -0.0784. The summed E-state index contributed by atoms with van der Waals surface area (Å²) >= 11 is 0. The van der Waals surface area contributed by atoms with E-state index in [9.17, 15) is 4.79 Å². The topological polar surface area (TPSA) is 33.0 Å². The van der Waals surface area contributed by atoms with Crippen molar-refractivity contribution in [3.63, 3.8) is 0 Å². The minimum atomic E-state index is -0.0784. The number of pyridine rings is 1. The maximum Gasteiger partial charge on any atom is 0.271 e. The average Bonchev–Trinajstić information content (AvgIpc) is 2.17. The lowest BCUT2D eigenvalue weighted by atomic mass is 10.2. The van der Waals surface area contributed by atoms with Crippen LogP contribution < -0.4 is 10.1 Å². The number of fused-ring (bicyclic) bond motifs is 1. The van der Waals surface area contributed by atoms with Gasteiger partial charge in [0.15, 0.2) is 0 Å². The average molecular weight is 187 g/mol. The molecule has 1 aromatic carbocycles. The van der Waals surface area contributed by atoms with Crippen molar-refractivity contribution in [2.45, 2.75) is 6.92 Å². The van der Waals surface area contributed by atoms with Crippen LogP contribution in [0.4, 0.5) is 0 Å². The van der Waals surface area contributed by atoms with Crippen LogP contribution in [0.15, 0.2) is 42.7 Å². The summed E-state index contributed by atoms with van der Waals surface area (Å²) in [7, 11) is 0. The molecule has 1 heterocycles. The number of carbonyl (C=O) groups is 1. The summed E-state index contributed by atoms with van der Waals surface area (Å²) in [6.07, 6.45) is 3.71. The highest BCUT2D eigenvalue weighted by molar-refractivity contribution is 5.81. The Kier molecular flexibility index (Phi) is 2.14. The number of benzene rings is 1. The van der Waals surface area contributed by atoms with Crippen molar-refractivity contribution < 1.29 is 9.47 Å². The van der Waals surface area contributed by atoms with Crippen molar-refractivity contribution in [3.05, 3.63) is 42.7 Å². The number of hydrogen-bond donors (Lipinski definition) is 1. The second-order valence-corrected chi connectivity index (χ2v) is 3.15. The Balaban J connectivity index is 2.46. The molecule has 2 rings (SSSR count). The first-order valence-electron chi connectivity index (χ1n) is 4.43. The van der Waals surface area contributed by atoms with Crippen LogP contribution in [-0.4, -0.2) is 5.91 Å². The maximum absolute atomic E-state index is 10.8. The van der Waals surface area contributed by atoms with Gasteiger partial charge in [-0.2, -0.15) is 0 Å². The summed E-state index contributed by atoms with van der Waals surface area (Å²) in [6.45, 7) is 1.49. The standard InChI is InChI=1S/C11H10N2O/c1-9(14)12-13-7-6-10-4-2-3-5-11(10)8-13/h2-8H,1H3/p+1. The second-order valence-electron chi connectivity index (χ2n) is 3.15. The van der Waals surface area contributed by atoms with E-state index in [2.05, 4.69) is 5.43 Å². The molecule has 2 aromatic rings. The molecule has 0 saturated heterocycles. The quantitative estimate of drug-likeness (QED) is 0.669. The third-order valence-corrected chi connectivity index (χ3v) is 1.98. The molecule has 70 valence electrons. The van der Waals surface area contributed by atoms with Gasteiger partial charge in [0, 0.05) is 18.4 Å². The number of aromatic nitrogens is 1. The van der Waals surface area contributed by atoms with Gasteiger partial charge in [0.05, 0.1) is 0 Å². The highest BCUT2D eigenvalue weighted by Crippen LogP contribution is 2.08. The molecule has 0 aliphatic carbocycles. The normalized spacial score (nSPS) is 10.1. The molecule has 3 heteroatoms. The minimum absolute atomic E-state index is 0.0784. The first kappa shape index (κ1) is 8.69. The van der Waals surface area contributed by atoms with Crippen LogP contribution in [0.3, 0.4) is 0 Å². The van der Waals surface area contributed by atoms with Crippen molar-refractivity contribution in [1.29, 1.82) is 0 Å². The van der Waals surface area contributed by atoms with Crippen molar-refractivity contribution in [2.24, 2.45) is 0 Å². The molecule has 3 nitrogen and oxygen atoms in total. The monoisotopic (exact) mass is 187 g/mol. The van der Waals surface area contributed by atoms with E-state index >= 15 is 0 Å². The molecule has 0 atom stereocenters. The third-order valence-electron chi connectivity index (χ3n) is 1.98. The van der Waals surface area contributed by atoms with E-state index < -0.39 is 0 Å². The van der Waals surface area contributed by atoms with Crippen LogP contribution in [0.5, 0.6) is 0 Å². The molecule has 1 N–H and O–H groups in total. The summed E-state index contributed by atoms with van der Waals surface area (Å²) in [5.41, 5.74) is 2.67. The van der Waals surface area contributed by atoms with Gasteiger partial charge in [-0.3, -0.25) is 4.79 Å². The van der Waals surface area contributed by atoms with E-state index in [4.69, 9.17) is 0 Å². The Morgan fingerprint density at radius 2 is 1.93 bits per heavy atom. The number of amides is 1. The molecule has 0 aliphatic rings. The predicted octanol–water partition coefficient (Wildman–Crippen LogP) is 1.22. The lowest BCUT2D eigenvalue weighted by molar-refractivity contribution is -0.640. The van der Waals surface area contributed by atoms with Crippen LogP contribution in [0, 0.1) is 0 Å². The van der Waals surface area contributed by atoms with Gasteiger partial charge in [-0.1, -0.05) is 22.9 Å². The molecule has 0 fully saturated rings. The van der Waals surface area contributed by atoms with Gasteiger partial charge in [0.25, 0.3) is 5.91 Å². The first-order chi connectivity index (χ1) is 6.75. The lowest BCUT2D eigenvalue weighted by Gasteiger charge is -1.97. The number of rotatable bonds is 1. The van der Waals surface area contributed by atoms with Gasteiger partial charge in [0.1, 0.15) is 0 Å². The van der Waals surface area contributed by atoms with E-state index in [1.54, 1.807) is 4.68 Å². The number of nitrogens with one attached hydrogen (secondary N) is 1. The summed E-state index contributed by atoms with van der Waals surface area (Å²) in [6, 6.07) is 9.97. The molecule has 1 aromatic heterocycles. The zero-order valence-corrected chi connectivity index (χ0v) is 7.90. The number of carbonyl (C=O) groups excluding carboxylic acids is 1. The Morgan fingerprint density at radius 1 is 1.21 bits per heavy atom.